The molecular weight excluding hydrogens is 687 g/mol. The maximum Gasteiger partial charge on any atom is 2.00 e. The predicted molar refractivity (Wildman–Crippen MR) is 187 cm³/mol. The summed E-state index contributed by atoms with van der Waals surface area (Å²) in [6.45, 7) is 9.60. The summed E-state index contributed by atoms with van der Waals surface area (Å²) < 4.78 is 0. The average molecular weight is 736 g/mol. The molecule has 244 valence electrons. The van der Waals surface area contributed by atoms with Gasteiger partial charge in [-0.3, -0.25) is 0 Å². The third-order valence-electron chi connectivity index (χ3n) is 6.04. The Morgan fingerprint density at radius 3 is 0.756 bits per heavy atom. The van der Waals surface area contributed by atoms with Gasteiger partial charge in [0.2, 0.25) is 0 Å². The Kier molecular flexibility index (Phi) is 21.6. The molecule has 4 aromatic rings. The molecule has 0 fully saturated rings. The van der Waals surface area contributed by atoms with Gasteiger partial charge in [-0.15, -0.1) is 0 Å². The standard InChI is InChI=1S/C26H24P2.2C5H10O2.2H3N.Ru/c1-5-13-23(14-6-1)27(24-15-7-2-8-16-24)21-22-28(25-17-9-3-10-18-25)26-19-11-4-12-20-26;2*1-5(2,3)4(6)7;;;/h1-20H,21-22H2;2*1-3H3,(H,6,7);2*1H3;/q;;;;;+2/p-2. The van der Waals surface area contributed by atoms with Crippen molar-refractivity contribution in [3.8, 4) is 0 Å². The molecule has 0 spiro atoms. The quantitative estimate of drug-likeness (QED) is 0.198. The summed E-state index contributed by atoms with van der Waals surface area (Å²) >= 11 is 0. The molecule has 0 amide bonds. The van der Waals surface area contributed by atoms with Crippen molar-refractivity contribution >= 4 is 49.0 Å². The van der Waals surface area contributed by atoms with Crippen LogP contribution in [0.5, 0.6) is 0 Å². The Balaban J connectivity index is 0. The molecule has 0 heterocycles. The van der Waals surface area contributed by atoms with Gasteiger partial charge in [-0.1, -0.05) is 163 Å². The van der Waals surface area contributed by atoms with Crippen molar-refractivity contribution < 1.29 is 39.3 Å². The van der Waals surface area contributed by atoms with Crippen LogP contribution in [0.3, 0.4) is 0 Å². The number of hydrogen-bond donors (Lipinski definition) is 2. The third-order valence-corrected chi connectivity index (χ3v) is 11.4. The van der Waals surface area contributed by atoms with E-state index in [1.54, 1.807) is 41.5 Å². The Labute approximate surface area is 285 Å². The molecule has 0 aromatic heterocycles. The Morgan fingerprint density at radius 1 is 0.467 bits per heavy atom. The predicted octanol–water partition coefficient (Wildman–Crippen LogP) is 5.14. The largest absolute Gasteiger partial charge is 2.00 e. The first-order valence-electron chi connectivity index (χ1n) is 14.0. The molecule has 0 saturated carbocycles. The first kappa shape index (κ1) is 44.3. The van der Waals surface area contributed by atoms with Gasteiger partial charge in [0, 0.05) is 22.8 Å². The second kappa shape index (κ2) is 21.9. The molecule has 4 aromatic carbocycles. The summed E-state index contributed by atoms with van der Waals surface area (Å²) in [7, 11) is -0.696. The maximum absolute atomic E-state index is 9.91. The number of carboxylic acid groups (broad SMARTS) is 2. The van der Waals surface area contributed by atoms with Crippen LogP contribution in [0.25, 0.3) is 0 Å². The van der Waals surface area contributed by atoms with E-state index in [0.717, 1.165) is 0 Å². The molecule has 0 aliphatic heterocycles. The van der Waals surface area contributed by atoms with Crippen molar-refractivity contribution in [2.45, 2.75) is 41.5 Å². The van der Waals surface area contributed by atoms with E-state index >= 15 is 0 Å². The molecule has 0 saturated heterocycles. The molecule has 0 aliphatic carbocycles. The second-order valence-electron chi connectivity index (χ2n) is 11.7. The topological polar surface area (TPSA) is 150 Å². The zero-order valence-electron chi connectivity index (χ0n) is 27.3. The number of hydrogen-bond acceptors (Lipinski definition) is 6. The van der Waals surface area contributed by atoms with Gasteiger partial charge in [0.05, 0.1) is 0 Å². The number of rotatable bonds is 7. The van der Waals surface area contributed by atoms with E-state index in [4.69, 9.17) is 0 Å². The summed E-state index contributed by atoms with van der Waals surface area (Å²) in [5.41, 5.74) is -1.39. The molecule has 45 heavy (non-hydrogen) atoms. The molecule has 0 radical (unpaired) electrons. The zero-order chi connectivity index (χ0) is 31.2. The summed E-state index contributed by atoms with van der Waals surface area (Å²) in [6, 6.07) is 44.2. The number of carboxylic acids is 2. The van der Waals surface area contributed by atoms with E-state index in [-0.39, 0.29) is 47.6 Å². The van der Waals surface area contributed by atoms with Crippen molar-refractivity contribution in [1.82, 2.24) is 12.3 Å². The van der Waals surface area contributed by atoms with Gasteiger partial charge in [-0.2, -0.15) is 0 Å². The van der Waals surface area contributed by atoms with Gasteiger partial charge in [0.1, 0.15) is 0 Å². The molecule has 0 bridgehead atoms. The Morgan fingerprint density at radius 2 is 0.622 bits per heavy atom. The van der Waals surface area contributed by atoms with Crippen LogP contribution in [0.4, 0.5) is 0 Å². The fraction of sp³-hybridized carbons (Fsp3) is 0.278. The van der Waals surface area contributed by atoms with Crippen LogP contribution in [0.1, 0.15) is 41.5 Å². The van der Waals surface area contributed by atoms with E-state index in [0.29, 0.717) is 0 Å². The number of aliphatic carboxylic acids is 2. The summed E-state index contributed by atoms with van der Waals surface area (Å²) in [5, 5.41) is 25.7. The third kappa shape index (κ3) is 16.4. The molecule has 4 rings (SSSR count). The summed E-state index contributed by atoms with van der Waals surface area (Å²) in [4.78, 5) is 19.8. The van der Waals surface area contributed by atoms with Gasteiger partial charge in [0.15, 0.2) is 0 Å². The minimum Gasteiger partial charge on any atom is -0.550 e. The summed E-state index contributed by atoms with van der Waals surface area (Å²) in [6.07, 6.45) is 2.41. The maximum atomic E-state index is 9.91. The monoisotopic (exact) mass is 736 g/mol. The van der Waals surface area contributed by atoms with Gasteiger partial charge in [-0.25, -0.2) is 0 Å². The number of benzene rings is 4. The fourth-order valence-electron chi connectivity index (χ4n) is 3.45. The SMILES string of the molecule is CC(C)(C)C(=O)[O-].CC(C)(C)C(=O)[O-].N.N.[Ru+2].c1ccc(P(CCP(c2ccccc2)c2ccccc2)c2ccccc2)cc1. The van der Waals surface area contributed by atoms with Gasteiger partial charge in [0.25, 0.3) is 0 Å². The van der Waals surface area contributed by atoms with Crippen LogP contribution < -0.4 is 43.7 Å². The molecule has 0 unspecified atom stereocenters. The molecular formula is C36H48N2O4P2Ru. The molecule has 6 N–H and O–H groups in total. The first-order valence-corrected chi connectivity index (χ1v) is 17.0. The van der Waals surface area contributed by atoms with Crippen LogP contribution in [-0.4, -0.2) is 24.3 Å². The molecule has 0 atom stereocenters. The van der Waals surface area contributed by atoms with Gasteiger partial charge < -0.3 is 32.1 Å². The average Bonchev–Trinajstić information content (AvgIpc) is 2.97. The van der Waals surface area contributed by atoms with E-state index in [1.807, 2.05) is 0 Å². The minimum absolute atomic E-state index is 0. The Bertz CT molecular complexity index is 1160. The van der Waals surface area contributed by atoms with Gasteiger partial charge >= 0.3 is 19.5 Å². The van der Waals surface area contributed by atoms with Crippen molar-refractivity contribution in [3.05, 3.63) is 121 Å². The van der Waals surface area contributed by atoms with E-state index in [2.05, 4.69) is 121 Å². The van der Waals surface area contributed by atoms with Crippen LogP contribution >= 0.6 is 15.8 Å². The Hall–Kier alpha value is -2.78. The molecule has 0 aliphatic rings. The van der Waals surface area contributed by atoms with Gasteiger partial charge in [-0.05, 0) is 49.4 Å². The van der Waals surface area contributed by atoms with E-state index < -0.39 is 22.8 Å². The van der Waals surface area contributed by atoms with E-state index in [9.17, 15) is 19.8 Å². The second-order valence-corrected chi connectivity index (χ2v) is 16.4. The normalized spacial score (nSPS) is 10.4. The number of carbonyl (C=O) groups is 2. The van der Waals surface area contributed by atoms with Crippen molar-refractivity contribution in [1.29, 1.82) is 0 Å². The fourth-order valence-corrected chi connectivity index (χ4v) is 8.80. The number of carbonyl (C=O) groups excluding carboxylic acids is 2. The minimum atomic E-state index is -1.01. The van der Waals surface area contributed by atoms with Crippen molar-refractivity contribution in [3.63, 3.8) is 0 Å². The van der Waals surface area contributed by atoms with Crippen LogP contribution in [0.15, 0.2) is 121 Å². The zero-order valence-corrected chi connectivity index (χ0v) is 30.8. The first-order chi connectivity index (χ1) is 19.8. The van der Waals surface area contributed by atoms with Crippen LogP contribution in [0.2, 0.25) is 0 Å². The van der Waals surface area contributed by atoms with E-state index in [1.165, 1.54) is 33.5 Å². The van der Waals surface area contributed by atoms with Crippen LogP contribution in [-0.2, 0) is 29.1 Å². The van der Waals surface area contributed by atoms with Crippen LogP contribution in [0, 0.1) is 10.8 Å². The smallest absolute Gasteiger partial charge is 0.550 e. The molecule has 6 nitrogen and oxygen atoms in total. The van der Waals surface area contributed by atoms with Crippen molar-refractivity contribution in [2.75, 3.05) is 12.3 Å². The molecule has 9 heteroatoms. The van der Waals surface area contributed by atoms with Crippen molar-refractivity contribution in [2.24, 2.45) is 10.8 Å². The summed E-state index contributed by atoms with van der Waals surface area (Å²) in [5.74, 6) is -2.01.